The molecule has 2 N–H and O–H groups in total. The Labute approximate surface area is 207 Å². The molecule has 1 spiro atoms. The van der Waals surface area contributed by atoms with Crippen molar-refractivity contribution in [3.63, 3.8) is 0 Å². The third kappa shape index (κ3) is 4.28. The molecule has 2 aromatic rings. The number of carbonyl (C=O) groups is 2. The summed E-state index contributed by atoms with van der Waals surface area (Å²) >= 11 is 5.77. The lowest BCUT2D eigenvalue weighted by atomic mass is 9.71. The molecular weight excluding hydrogens is 488 g/mol. The zero-order valence-corrected chi connectivity index (χ0v) is 20.3. The topological polar surface area (TPSA) is 101 Å². The Morgan fingerprint density at radius 3 is 2.68 bits per heavy atom. The highest BCUT2D eigenvalue weighted by molar-refractivity contribution is 6.30. The Morgan fingerprint density at radius 2 is 2.03 bits per heavy atom. The van der Waals surface area contributed by atoms with E-state index in [0.29, 0.717) is 32.5 Å². The molecule has 0 unspecified atom stereocenters. The van der Waals surface area contributed by atoms with E-state index in [1.165, 1.54) is 22.9 Å². The van der Waals surface area contributed by atoms with Crippen molar-refractivity contribution in [1.29, 1.82) is 0 Å². The first-order valence-corrected chi connectivity index (χ1v) is 11.2. The average Bonchev–Trinajstić information content (AvgIpc) is 2.76. The summed E-state index contributed by atoms with van der Waals surface area (Å²) in [6.45, 7) is 4.86. The number of likely N-dealkylation sites (N-methyl/N-ethyl adjacent to an activating group) is 1. The number of ether oxygens (including phenoxy) is 1. The summed E-state index contributed by atoms with van der Waals surface area (Å²) in [5.41, 5.74) is -1.76. The fraction of sp³-hybridized carbons (Fsp3) is 0.435. The molecule has 11 heteroatoms. The van der Waals surface area contributed by atoms with Gasteiger partial charge in [-0.3, -0.25) is 14.4 Å². The summed E-state index contributed by atoms with van der Waals surface area (Å²) in [5, 5.41) is 13.0. The number of carbonyl (C=O) groups excluding carboxylic acids is 2. The fourth-order valence-electron chi connectivity index (χ4n) is 4.83. The molecule has 2 heterocycles. The highest BCUT2D eigenvalue weighted by Gasteiger charge is 2.54. The van der Waals surface area contributed by atoms with Gasteiger partial charge in [0.1, 0.15) is 11.4 Å². The quantitative estimate of drug-likeness (QED) is 0.617. The predicted molar refractivity (Wildman–Crippen MR) is 126 cm³/mol. The number of nitrogens with zero attached hydrogens (tertiary/aromatic N) is 2. The second kappa shape index (κ2) is 9.93. The van der Waals surface area contributed by atoms with Gasteiger partial charge in [-0.2, -0.15) is 0 Å². The van der Waals surface area contributed by atoms with Gasteiger partial charge in [-0.05, 0) is 32.8 Å². The highest BCUT2D eigenvalue weighted by atomic mass is 35.5. The monoisotopic (exact) mass is 513 g/mol. The Morgan fingerprint density at radius 1 is 1.32 bits per heavy atom. The molecule has 4 rings (SSSR count). The van der Waals surface area contributed by atoms with Gasteiger partial charge in [0.15, 0.2) is 11.4 Å². The molecule has 1 aliphatic carbocycles. The van der Waals surface area contributed by atoms with Crippen molar-refractivity contribution in [2.45, 2.75) is 51.4 Å². The Balaban J connectivity index is 0.00000324. The lowest BCUT2D eigenvalue weighted by Crippen LogP contribution is -2.66. The first-order valence-electron chi connectivity index (χ1n) is 10.8. The van der Waals surface area contributed by atoms with E-state index in [9.17, 15) is 23.9 Å². The van der Waals surface area contributed by atoms with Crippen LogP contribution in [0.2, 0.25) is 5.02 Å². The van der Waals surface area contributed by atoms with E-state index < -0.39 is 34.3 Å². The summed E-state index contributed by atoms with van der Waals surface area (Å²) in [5.74, 6) is -2.67. The van der Waals surface area contributed by atoms with E-state index in [1.54, 1.807) is 11.0 Å². The zero-order valence-electron chi connectivity index (χ0n) is 18.8. The van der Waals surface area contributed by atoms with Crippen molar-refractivity contribution in [3.05, 3.63) is 62.3 Å². The lowest BCUT2D eigenvalue weighted by Gasteiger charge is -2.56. The van der Waals surface area contributed by atoms with Crippen LogP contribution < -0.4 is 10.7 Å². The first-order chi connectivity index (χ1) is 15.7. The number of hydrogen-bond acceptors (Lipinski definition) is 5. The van der Waals surface area contributed by atoms with E-state index in [2.05, 4.69) is 5.32 Å². The molecule has 8 nitrogen and oxygen atoms in total. The normalized spacial score (nSPS) is 21.0. The van der Waals surface area contributed by atoms with Gasteiger partial charge in [0.2, 0.25) is 5.43 Å². The van der Waals surface area contributed by atoms with Crippen LogP contribution in [0.4, 0.5) is 4.39 Å². The molecule has 2 aliphatic rings. The first kappa shape index (κ1) is 26.0. The number of rotatable bonds is 6. The van der Waals surface area contributed by atoms with Crippen LogP contribution in [-0.2, 0) is 17.8 Å². The van der Waals surface area contributed by atoms with Gasteiger partial charge in [0.25, 0.3) is 11.8 Å². The van der Waals surface area contributed by atoms with Crippen molar-refractivity contribution in [1.82, 2.24) is 14.8 Å². The number of benzene rings is 1. The fourth-order valence-corrected chi connectivity index (χ4v) is 5.03. The van der Waals surface area contributed by atoms with Crippen LogP contribution >= 0.6 is 24.0 Å². The summed E-state index contributed by atoms with van der Waals surface area (Å²) in [6, 6.07) is 4.40. The van der Waals surface area contributed by atoms with Gasteiger partial charge >= 0.3 is 0 Å². The van der Waals surface area contributed by atoms with Crippen LogP contribution in [0, 0.1) is 5.82 Å². The molecule has 1 aromatic heterocycles. The van der Waals surface area contributed by atoms with Crippen molar-refractivity contribution in [3.8, 4) is 5.75 Å². The number of amides is 2. The van der Waals surface area contributed by atoms with Crippen LogP contribution in [0.15, 0.2) is 29.2 Å². The number of nitrogens with one attached hydrogen (secondary N) is 1. The number of hydrogen-bond donors (Lipinski definition) is 2. The lowest BCUT2D eigenvalue weighted by molar-refractivity contribution is -0.103. The Bertz CT molecular complexity index is 1180. The van der Waals surface area contributed by atoms with E-state index >= 15 is 0 Å². The van der Waals surface area contributed by atoms with Crippen LogP contribution in [-0.4, -0.2) is 51.2 Å². The van der Waals surface area contributed by atoms with Gasteiger partial charge in [0, 0.05) is 38.0 Å². The maximum Gasteiger partial charge on any atom is 0.275 e. The molecule has 1 aromatic carbocycles. The number of fused-ring (bicyclic) bond motifs is 1. The summed E-state index contributed by atoms with van der Waals surface area (Å²) in [4.78, 5) is 40.3. The smallest absolute Gasteiger partial charge is 0.275 e. The minimum atomic E-state index is -0.952. The third-order valence-electron chi connectivity index (χ3n) is 6.39. The van der Waals surface area contributed by atoms with Crippen molar-refractivity contribution in [2.24, 2.45) is 0 Å². The van der Waals surface area contributed by atoms with Crippen LogP contribution in [0.5, 0.6) is 5.75 Å². The Hall–Kier alpha value is -2.62. The Kier molecular flexibility index (Phi) is 7.59. The molecule has 0 radical (unpaired) electrons. The minimum absolute atomic E-state index is 0. The maximum absolute atomic E-state index is 14.1. The molecule has 184 valence electrons. The predicted octanol–water partition coefficient (Wildman–Crippen LogP) is 3.11. The second-order valence-corrected chi connectivity index (χ2v) is 8.76. The molecular formula is C23H26Cl2FN3O5. The molecule has 0 saturated heterocycles. The van der Waals surface area contributed by atoms with Gasteiger partial charge < -0.3 is 24.6 Å². The molecule has 1 fully saturated rings. The number of halogens is 3. The largest absolute Gasteiger partial charge is 0.503 e. The van der Waals surface area contributed by atoms with E-state index in [4.69, 9.17) is 16.3 Å². The van der Waals surface area contributed by atoms with Crippen LogP contribution in [0.3, 0.4) is 0 Å². The van der Waals surface area contributed by atoms with Gasteiger partial charge in [-0.25, -0.2) is 4.39 Å². The summed E-state index contributed by atoms with van der Waals surface area (Å²) in [7, 11) is 0. The summed E-state index contributed by atoms with van der Waals surface area (Å²) in [6.07, 6.45) is 2.58. The molecule has 1 saturated carbocycles. The van der Waals surface area contributed by atoms with Crippen molar-refractivity contribution < 1.29 is 23.8 Å². The average molecular weight is 514 g/mol. The SMILES string of the molecule is CCOC1CC2(C1)Cn1cc(C(=O)NCc3cccc(Cl)c3F)c(=O)c(O)c1C(=O)N2CC.Cl. The molecule has 2 amide bonds. The van der Waals surface area contributed by atoms with Crippen LogP contribution in [0.25, 0.3) is 0 Å². The molecule has 0 bridgehead atoms. The molecule has 1 aliphatic heterocycles. The standard InChI is InChI=1S/C23H25ClFN3O5.ClH/c1-3-28-22(32)18-20(30)19(29)15(11-27(18)12-23(28)8-14(9-23)33-4-2)21(31)26-10-13-6-5-7-16(24)17(13)25;/h5-7,11,14,30H,3-4,8-10,12H2,1-2H3,(H,26,31);1H. The number of pyridine rings is 1. The third-order valence-corrected chi connectivity index (χ3v) is 6.68. The van der Waals surface area contributed by atoms with E-state index in [0.717, 1.165) is 0 Å². The second-order valence-electron chi connectivity index (χ2n) is 8.35. The van der Waals surface area contributed by atoms with Gasteiger partial charge in [-0.15, -0.1) is 12.4 Å². The van der Waals surface area contributed by atoms with Crippen molar-refractivity contribution >= 4 is 35.8 Å². The number of aromatic nitrogens is 1. The molecule has 0 atom stereocenters. The van der Waals surface area contributed by atoms with Crippen LogP contribution in [0.1, 0.15) is 53.1 Å². The highest BCUT2D eigenvalue weighted by Crippen LogP contribution is 2.44. The molecule has 34 heavy (non-hydrogen) atoms. The maximum atomic E-state index is 14.1. The van der Waals surface area contributed by atoms with E-state index in [-0.39, 0.29) is 46.9 Å². The zero-order chi connectivity index (χ0) is 23.9. The van der Waals surface area contributed by atoms with E-state index in [1.807, 2.05) is 13.8 Å². The minimum Gasteiger partial charge on any atom is -0.503 e. The summed E-state index contributed by atoms with van der Waals surface area (Å²) < 4.78 is 21.3. The van der Waals surface area contributed by atoms with Gasteiger partial charge in [-0.1, -0.05) is 23.7 Å². The number of aromatic hydroxyl groups is 1. The van der Waals surface area contributed by atoms with Crippen molar-refractivity contribution in [2.75, 3.05) is 13.2 Å². The van der Waals surface area contributed by atoms with Gasteiger partial charge in [0.05, 0.1) is 16.7 Å².